The predicted octanol–water partition coefficient (Wildman–Crippen LogP) is 2.63. The number of benzene rings is 1. The number of hydrogen-bond acceptors (Lipinski definition) is 5. The number of methoxy groups -OCH3 is 2. The fourth-order valence-corrected chi connectivity index (χ4v) is 1.64. The van der Waals surface area contributed by atoms with E-state index in [1.54, 1.807) is 24.3 Å². The van der Waals surface area contributed by atoms with Gasteiger partial charge in [-0.25, -0.2) is 9.78 Å². The zero-order valence-electron chi connectivity index (χ0n) is 11.5. The highest BCUT2D eigenvalue weighted by molar-refractivity contribution is 5.91. The number of nitrogens with zero attached hydrogens (tertiary/aromatic N) is 1. The van der Waals surface area contributed by atoms with E-state index in [1.165, 1.54) is 20.4 Å². The second kappa shape index (κ2) is 6.06. The molecule has 1 aromatic carbocycles. The van der Waals surface area contributed by atoms with E-state index in [0.29, 0.717) is 22.9 Å². The lowest BCUT2D eigenvalue weighted by atomic mass is 10.2. The molecule has 0 atom stereocenters. The maximum Gasteiger partial charge on any atom is 0.345 e. The molecule has 0 amide bonds. The molecule has 0 aliphatic rings. The van der Waals surface area contributed by atoms with Crippen molar-refractivity contribution in [3.63, 3.8) is 0 Å². The molecule has 0 aliphatic carbocycles. The van der Waals surface area contributed by atoms with Gasteiger partial charge in [0.25, 0.3) is 0 Å². The highest BCUT2D eigenvalue weighted by Gasteiger charge is 2.13. The third kappa shape index (κ3) is 3.06. The predicted molar refractivity (Wildman–Crippen MR) is 73.5 cm³/mol. The van der Waals surface area contributed by atoms with Gasteiger partial charge in [-0.15, -0.1) is 0 Å². The summed E-state index contributed by atoms with van der Waals surface area (Å²) in [4.78, 5) is 16.0. The van der Waals surface area contributed by atoms with E-state index in [-0.39, 0.29) is 0 Å². The number of rotatable bonds is 4. The van der Waals surface area contributed by atoms with Crippen LogP contribution in [0.3, 0.4) is 0 Å². The van der Waals surface area contributed by atoms with Crippen LogP contribution < -0.4 is 14.2 Å². The average Bonchev–Trinajstić information content (AvgIpc) is 2.49. The number of pyridine rings is 1. The molecule has 0 saturated carbocycles. The molecule has 0 bridgehead atoms. The summed E-state index contributed by atoms with van der Waals surface area (Å²) in [7, 11) is 3.04. The lowest BCUT2D eigenvalue weighted by Crippen LogP contribution is -2.09. The van der Waals surface area contributed by atoms with E-state index in [0.717, 1.165) is 5.56 Å². The summed E-state index contributed by atoms with van der Waals surface area (Å²) in [5, 5.41) is 0. The van der Waals surface area contributed by atoms with Crippen LogP contribution >= 0.6 is 0 Å². The van der Waals surface area contributed by atoms with E-state index in [9.17, 15) is 4.79 Å². The minimum Gasteiger partial charge on any atom is -0.493 e. The minimum absolute atomic E-state index is 0.341. The van der Waals surface area contributed by atoms with Crippen LogP contribution in [0.25, 0.3) is 0 Å². The summed E-state index contributed by atoms with van der Waals surface area (Å²) in [5.41, 5.74) is 1.36. The molecule has 0 unspecified atom stereocenters. The fourth-order valence-electron chi connectivity index (χ4n) is 1.64. The molecule has 5 heteroatoms. The van der Waals surface area contributed by atoms with Crippen molar-refractivity contribution in [3.8, 4) is 17.4 Å². The Bertz CT molecular complexity index is 608. The van der Waals surface area contributed by atoms with E-state index in [4.69, 9.17) is 14.2 Å². The van der Waals surface area contributed by atoms with Gasteiger partial charge in [-0.05, 0) is 30.7 Å². The molecule has 20 heavy (non-hydrogen) atoms. The molecule has 1 aromatic heterocycles. The molecule has 0 fully saturated rings. The Morgan fingerprint density at radius 1 is 1.05 bits per heavy atom. The van der Waals surface area contributed by atoms with Crippen molar-refractivity contribution in [2.75, 3.05) is 14.2 Å². The van der Waals surface area contributed by atoms with Crippen molar-refractivity contribution in [2.24, 2.45) is 0 Å². The summed E-state index contributed by atoms with van der Waals surface area (Å²) in [6, 6.07) is 8.53. The molecular weight excluding hydrogens is 258 g/mol. The Labute approximate surface area is 117 Å². The number of carbonyl (C=O) groups is 1. The lowest BCUT2D eigenvalue weighted by molar-refractivity contribution is 0.0729. The van der Waals surface area contributed by atoms with Gasteiger partial charge in [0.1, 0.15) is 0 Å². The van der Waals surface area contributed by atoms with Gasteiger partial charge >= 0.3 is 5.97 Å². The van der Waals surface area contributed by atoms with Crippen molar-refractivity contribution in [1.29, 1.82) is 0 Å². The highest BCUT2D eigenvalue weighted by Crippen LogP contribution is 2.28. The van der Waals surface area contributed by atoms with E-state index >= 15 is 0 Å². The van der Waals surface area contributed by atoms with E-state index in [1.807, 2.05) is 13.0 Å². The molecule has 0 aliphatic heterocycles. The SMILES string of the molecule is COc1ccc(C(=O)Oc2ccc(C)cc2OC)cn1. The Balaban J connectivity index is 2.18. The van der Waals surface area contributed by atoms with Gasteiger partial charge < -0.3 is 14.2 Å². The van der Waals surface area contributed by atoms with Crippen molar-refractivity contribution >= 4 is 5.97 Å². The fraction of sp³-hybridized carbons (Fsp3) is 0.200. The quantitative estimate of drug-likeness (QED) is 0.633. The van der Waals surface area contributed by atoms with Gasteiger partial charge in [-0.3, -0.25) is 0 Å². The maximum absolute atomic E-state index is 12.0. The summed E-state index contributed by atoms with van der Waals surface area (Å²) in [5.74, 6) is 0.829. The number of esters is 1. The second-order valence-corrected chi connectivity index (χ2v) is 4.13. The lowest BCUT2D eigenvalue weighted by Gasteiger charge is -2.09. The number of ether oxygens (including phenoxy) is 3. The van der Waals surface area contributed by atoms with Crippen molar-refractivity contribution in [1.82, 2.24) is 4.98 Å². The van der Waals surface area contributed by atoms with Crippen LogP contribution in [0.15, 0.2) is 36.5 Å². The van der Waals surface area contributed by atoms with Crippen molar-refractivity contribution in [3.05, 3.63) is 47.7 Å². The first-order chi connectivity index (χ1) is 9.63. The van der Waals surface area contributed by atoms with Crippen LogP contribution in [-0.2, 0) is 0 Å². The maximum atomic E-state index is 12.0. The van der Waals surface area contributed by atoms with Gasteiger partial charge in [0.15, 0.2) is 11.5 Å². The number of carbonyl (C=O) groups excluding carboxylic acids is 1. The molecule has 0 N–H and O–H groups in total. The second-order valence-electron chi connectivity index (χ2n) is 4.13. The van der Waals surface area contributed by atoms with Gasteiger partial charge in [-0.1, -0.05) is 6.07 Å². The first kappa shape index (κ1) is 13.9. The topological polar surface area (TPSA) is 57.7 Å². The normalized spacial score (nSPS) is 9.95. The van der Waals surface area contributed by atoms with Crippen LogP contribution in [-0.4, -0.2) is 25.2 Å². The first-order valence-corrected chi connectivity index (χ1v) is 6.01. The van der Waals surface area contributed by atoms with Crippen LogP contribution in [0.4, 0.5) is 0 Å². The molecular formula is C15H15NO4. The summed E-state index contributed by atoms with van der Waals surface area (Å²) >= 11 is 0. The van der Waals surface area contributed by atoms with Gasteiger partial charge in [-0.2, -0.15) is 0 Å². The van der Waals surface area contributed by atoms with Gasteiger partial charge in [0.05, 0.1) is 19.8 Å². The molecule has 104 valence electrons. The van der Waals surface area contributed by atoms with Crippen LogP contribution in [0.5, 0.6) is 17.4 Å². The molecule has 0 saturated heterocycles. The van der Waals surface area contributed by atoms with E-state index < -0.39 is 5.97 Å². The molecule has 2 aromatic rings. The largest absolute Gasteiger partial charge is 0.493 e. The molecule has 0 radical (unpaired) electrons. The number of hydrogen-bond donors (Lipinski definition) is 0. The third-order valence-electron chi connectivity index (χ3n) is 2.70. The zero-order chi connectivity index (χ0) is 14.5. The molecule has 2 rings (SSSR count). The average molecular weight is 273 g/mol. The number of aromatic nitrogens is 1. The Kier molecular flexibility index (Phi) is 4.20. The molecule has 5 nitrogen and oxygen atoms in total. The summed E-state index contributed by atoms with van der Waals surface area (Å²) in [6.07, 6.45) is 1.40. The van der Waals surface area contributed by atoms with Gasteiger partial charge in [0.2, 0.25) is 5.88 Å². The van der Waals surface area contributed by atoms with Crippen molar-refractivity contribution < 1.29 is 19.0 Å². The minimum atomic E-state index is -0.498. The first-order valence-electron chi connectivity index (χ1n) is 6.01. The van der Waals surface area contributed by atoms with Crippen molar-refractivity contribution in [2.45, 2.75) is 6.92 Å². The van der Waals surface area contributed by atoms with Crippen LogP contribution in [0.2, 0.25) is 0 Å². The summed E-state index contributed by atoms with van der Waals surface area (Å²) < 4.78 is 15.4. The van der Waals surface area contributed by atoms with Gasteiger partial charge in [0, 0.05) is 12.3 Å². The van der Waals surface area contributed by atoms with E-state index in [2.05, 4.69) is 4.98 Å². The third-order valence-corrected chi connectivity index (χ3v) is 2.70. The smallest absolute Gasteiger partial charge is 0.345 e. The standard InChI is InChI=1S/C15H15NO4/c1-10-4-6-12(13(8-10)18-2)20-15(17)11-5-7-14(19-3)16-9-11/h4-9H,1-3H3. The van der Waals surface area contributed by atoms with Crippen LogP contribution in [0.1, 0.15) is 15.9 Å². The zero-order valence-corrected chi connectivity index (χ0v) is 11.5. The molecule has 1 heterocycles. The Hall–Kier alpha value is -2.56. The highest BCUT2D eigenvalue weighted by atomic mass is 16.6. The Morgan fingerprint density at radius 2 is 1.85 bits per heavy atom. The summed E-state index contributed by atoms with van der Waals surface area (Å²) in [6.45, 7) is 1.93. The monoisotopic (exact) mass is 273 g/mol. The number of aryl methyl sites for hydroxylation is 1. The van der Waals surface area contributed by atoms with Crippen LogP contribution in [0, 0.1) is 6.92 Å². The molecule has 0 spiro atoms. The Morgan fingerprint density at radius 3 is 2.45 bits per heavy atom.